The quantitative estimate of drug-likeness (QED) is 0.691. The summed E-state index contributed by atoms with van der Waals surface area (Å²) in [6, 6.07) is 8.57. The monoisotopic (exact) mass is 395 g/mol. The lowest BCUT2D eigenvalue weighted by Crippen LogP contribution is -2.17. The summed E-state index contributed by atoms with van der Waals surface area (Å²) in [7, 11) is -4.42. The van der Waals surface area contributed by atoms with Gasteiger partial charge in [0, 0.05) is 17.4 Å². The predicted molar refractivity (Wildman–Crippen MR) is 92.7 cm³/mol. The average molecular weight is 396 g/mol. The normalized spacial score (nSPS) is 11.3. The van der Waals surface area contributed by atoms with Crippen molar-refractivity contribution in [2.75, 3.05) is 4.72 Å². The Balaban J connectivity index is 2.08. The third kappa shape index (κ3) is 3.53. The van der Waals surface area contributed by atoms with Crippen LogP contribution in [0.2, 0.25) is 5.02 Å². The summed E-state index contributed by atoms with van der Waals surface area (Å²) in [5.41, 5.74) is 0.0595. The fourth-order valence-corrected chi connectivity index (χ4v) is 3.59. The Kier molecular flexibility index (Phi) is 4.66. The molecule has 0 aliphatic rings. The van der Waals surface area contributed by atoms with Crippen LogP contribution in [-0.2, 0) is 10.0 Å². The molecule has 1 heterocycles. The van der Waals surface area contributed by atoms with Crippen molar-refractivity contribution in [1.29, 1.82) is 0 Å². The minimum atomic E-state index is -4.42. The lowest BCUT2D eigenvalue weighted by atomic mass is 10.2. The number of nitrogens with zero attached hydrogens (tertiary/aromatic N) is 2. The van der Waals surface area contributed by atoms with Crippen LogP contribution in [0.1, 0.15) is 10.4 Å². The zero-order valence-corrected chi connectivity index (χ0v) is 14.5. The molecule has 134 valence electrons. The Labute approximate surface area is 152 Å². The fraction of sp³-hybridized carbons (Fsp3) is 0. The highest BCUT2D eigenvalue weighted by molar-refractivity contribution is 7.92. The number of carboxylic acid groups (broad SMARTS) is 1. The molecule has 3 rings (SSSR count). The molecule has 3 aromatic rings. The molecule has 0 saturated heterocycles. The largest absolute Gasteiger partial charge is 0.478 e. The molecule has 0 spiro atoms. The summed E-state index contributed by atoms with van der Waals surface area (Å²) >= 11 is 5.93. The molecule has 7 nitrogen and oxygen atoms in total. The van der Waals surface area contributed by atoms with Crippen molar-refractivity contribution in [3.63, 3.8) is 0 Å². The average Bonchev–Trinajstić information content (AvgIpc) is 3.08. The van der Waals surface area contributed by atoms with Crippen LogP contribution < -0.4 is 4.72 Å². The molecular formula is C16H11ClFN3O4S. The van der Waals surface area contributed by atoms with Crippen LogP contribution in [-0.4, -0.2) is 29.3 Å². The van der Waals surface area contributed by atoms with E-state index < -0.39 is 26.7 Å². The first-order chi connectivity index (χ1) is 12.3. The second-order valence-electron chi connectivity index (χ2n) is 5.17. The lowest BCUT2D eigenvalue weighted by Gasteiger charge is -2.14. The number of hydrogen-bond donors (Lipinski definition) is 2. The number of carboxylic acids is 1. The van der Waals surface area contributed by atoms with Crippen molar-refractivity contribution < 1.29 is 22.7 Å². The van der Waals surface area contributed by atoms with E-state index in [0.29, 0.717) is 5.69 Å². The summed E-state index contributed by atoms with van der Waals surface area (Å²) in [6.07, 6.45) is 3.09. The molecule has 0 unspecified atom stereocenters. The van der Waals surface area contributed by atoms with Gasteiger partial charge in [-0.1, -0.05) is 11.6 Å². The Morgan fingerprint density at radius 1 is 1.23 bits per heavy atom. The van der Waals surface area contributed by atoms with E-state index >= 15 is 0 Å². The molecule has 10 heteroatoms. The summed E-state index contributed by atoms with van der Waals surface area (Å²) in [6.45, 7) is 0. The van der Waals surface area contributed by atoms with Gasteiger partial charge in [-0.3, -0.25) is 4.72 Å². The van der Waals surface area contributed by atoms with Gasteiger partial charge < -0.3 is 5.11 Å². The summed E-state index contributed by atoms with van der Waals surface area (Å²) in [4.78, 5) is 10.2. The van der Waals surface area contributed by atoms with Gasteiger partial charge >= 0.3 is 5.97 Å². The molecule has 0 radical (unpaired) electrons. The number of sulfonamides is 1. The van der Waals surface area contributed by atoms with Crippen molar-refractivity contribution in [2.24, 2.45) is 0 Å². The first-order valence-electron chi connectivity index (χ1n) is 7.13. The van der Waals surface area contributed by atoms with Crippen LogP contribution in [0.15, 0.2) is 59.8 Å². The van der Waals surface area contributed by atoms with Crippen LogP contribution in [0.5, 0.6) is 0 Å². The fourth-order valence-electron chi connectivity index (χ4n) is 2.24. The number of benzene rings is 2. The number of aromatic carboxylic acids is 1. The van der Waals surface area contributed by atoms with Gasteiger partial charge in [0.25, 0.3) is 10.0 Å². The maximum Gasteiger partial charge on any atom is 0.335 e. The molecule has 1 aromatic heterocycles. The summed E-state index contributed by atoms with van der Waals surface area (Å²) in [5.74, 6) is -2.45. The van der Waals surface area contributed by atoms with Crippen molar-refractivity contribution in [2.45, 2.75) is 4.90 Å². The zero-order valence-electron chi connectivity index (χ0n) is 12.9. The second kappa shape index (κ2) is 6.77. The van der Waals surface area contributed by atoms with Gasteiger partial charge in [0.05, 0.1) is 16.9 Å². The molecule has 0 atom stereocenters. The molecule has 2 N–H and O–H groups in total. The van der Waals surface area contributed by atoms with Crippen LogP contribution in [0.3, 0.4) is 0 Å². The second-order valence-corrected chi connectivity index (χ2v) is 7.26. The lowest BCUT2D eigenvalue weighted by molar-refractivity contribution is 0.0696. The summed E-state index contributed by atoms with van der Waals surface area (Å²) in [5, 5.41) is 13.3. The molecule has 0 aliphatic heterocycles. The maximum absolute atomic E-state index is 14.0. The van der Waals surface area contributed by atoms with E-state index in [1.165, 1.54) is 23.0 Å². The minimum Gasteiger partial charge on any atom is -0.478 e. The molecular weight excluding hydrogens is 385 g/mol. The number of aromatic nitrogens is 2. The third-order valence-electron chi connectivity index (χ3n) is 3.42. The Morgan fingerprint density at radius 3 is 2.65 bits per heavy atom. The van der Waals surface area contributed by atoms with E-state index in [9.17, 15) is 17.6 Å². The van der Waals surface area contributed by atoms with Gasteiger partial charge in [-0.2, -0.15) is 5.10 Å². The standard InChI is InChI=1S/C16H11ClFN3O4S/c17-11-3-5-14(21-7-1-6-19-21)13(9-11)20-26(24,25)15-8-10(16(22)23)2-4-12(15)18/h1-9,20H,(H,22,23). The number of rotatable bonds is 5. The molecule has 26 heavy (non-hydrogen) atoms. The highest BCUT2D eigenvalue weighted by Gasteiger charge is 2.23. The first kappa shape index (κ1) is 17.9. The van der Waals surface area contributed by atoms with Gasteiger partial charge in [0.2, 0.25) is 0 Å². The van der Waals surface area contributed by atoms with E-state index in [2.05, 4.69) is 9.82 Å². The molecule has 0 amide bonds. The number of hydrogen-bond acceptors (Lipinski definition) is 4. The van der Waals surface area contributed by atoms with Crippen molar-refractivity contribution in [3.05, 3.63) is 71.3 Å². The molecule has 2 aromatic carbocycles. The van der Waals surface area contributed by atoms with Gasteiger partial charge in [-0.15, -0.1) is 0 Å². The molecule has 0 saturated carbocycles. The highest BCUT2D eigenvalue weighted by Crippen LogP contribution is 2.27. The first-order valence-corrected chi connectivity index (χ1v) is 8.99. The molecule has 0 bridgehead atoms. The Hall–Kier alpha value is -2.91. The topological polar surface area (TPSA) is 101 Å². The maximum atomic E-state index is 14.0. The number of halogens is 2. The van der Waals surface area contributed by atoms with Gasteiger partial charge in [-0.05, 0) is 42.5 Å². The summed E-state index contributed by atoms with van der Waals surface area (Å²) < 4.78 is 42.9. The SMILES string of the molecule is O=C(O)c1ccc(F)c(S(=O)(=O)Nc2cc(Cl)ccc2-n2cccn2)c1. The van der Waals surface area contributed by atoms with Crippen molar-refractivity contribution in [1.82, 2.24) is 9.78 Å². The van der Waals surface area contributed by atoms with Crippen LogP contribution in [0.25, 0.3) is 5.69 Å². The third-order valence-corrected chi connectivity index (χ3v) is 5.04. The Bertz CT molecular complexity index is 1080. The zero-order chi connectivity index (χ0) is 18.9. The number of anilines is 1. The van der Waals surface area contributed by atoms with Crippen LogP contribution in [0.4, 0.5) is 10.1 Å². The van der Waals surface area contributed by atoms with Crippen LogP contribution in [0, 0.1) is 5.82 Å². The van der Waals surface area contributed by atoms with E-state index in [-0.39, 0.29) is 16.3 Å². The molecule has 0 fully saturated rings. The molecule has 0 aliphatic carbocycles. The Morgan fingerprint density at radius 2 is 2.00 bits per heavy atom. The van der Waals surface area contributed by atoms with Gasteiger partial charge in [0.15, 0.2) is 0 Å². The van der Waals surface area contributed by atoms with E-state index in [0.717, 1.165) is 18.2 Å². The van der Waals surface area contributed by atoms with E-state index in [1.807, 2.05) is 0 Å². The van der Waals surface area contributed by atoms with Gasteiger partial charge in [-0.25, -0.2) is 22.3 Å². The van der Waals surface area contributed by atoms with E-state index in [4.69, 9.17) is 16.7 Å². The van der Waals surface area contributed by atoms with Crippen molar-refractivity contribution >= 4 is 33.3 Å². The minimum absolute atomic E-state index is 0.0568. The number of carbonyl (C=O) groups is 1. The van der Waals surface area contributed by atoms with E-state index in [1.54, 1.807) is 18.3 Å². The highest BCUT2D eigenvalue weighted by atomic mass is 35.5. The number of nitrogens with one attached hydrogen (secondary N) is 1. The van der Waals surface area contributed by atoms with Crippen LogP contribution >= 0.6 is 11.6 Å². The van der Waals surface area contributed by atoms with Gasteiger partial charge in [0.1, 0.15) is 10.7 Å². The smallest absolute Gasteiger partial charge is 0.335 e. The predicted octanol–water partition coefficient (Wildman–Crippen LogP) is 3.16. The van der Waals surface area contributed by atoms with Crippen molar-refractivity contribution in [3.8, 4) is 5.69 Å².